The van der Waals surface area contributed by atoms with E-state index in [-0.39, 0.29) is 23.6 Å². The standard InChI is InChI=1S/C21H22Cl2F3NO5/c1-28-16-11-15(30-10-7-18(22)23)12-17(29-2)20(16)32-9-4-3-8-31-19-6-5-14(13-27-19)21(24,25)26/h5-7,11-13H,3-4,8-10H2,1-2H3. The molecule has 0 aliphatic rings. The Morgan fingerprint density at radius 3 is 2.09 bits per heavy atom. The third kappa shape index (κ3) is 8.20. The van der Waals surface area contributed by atoms with Crippen molar-refractivity contribution >= 4 is 23.2 Å². The Hall–Kier alpha value is -2.52. The highest BCUT2D eigenvalue weighted by Gasteiger charge is 2.30. The average molecular weight is 496 g/mol. The largest absolute Gasteiger partial charge is 0.493 e. The summed E-state index contributed by atoms with van der Waals surface area (Å²) < 4.78 is 65.1. The summed E-state index contributed by atoms with van der Waals surface area (Å²) in [4.78, 5) is 3.66. The molecule has 6 nitrogen and oxygen atoms in total. The number of hydrogen-bond acceptors (Lipinski definition) is 6. The number of pyridine rings is 1. The van der Waals surface area contributed by atoms with E-state index in [1.54, 1.807) is 12.1 Å². The van der Waals surface area contributed by atoms with Crippen LogP contribution in [0.15, 0.2) is 41.0 Å². The summed E-state index contributed by atoms with van der Waals surface area (Å²) in [6.07, 6.45) is -0.978. The zero-order valence-corrected chi connectivity index (χ0v) is 18.9. The quantitative estimate of drug-likeness (QED) is 0.334. The van der Waals surface area contributed by atoms with Gasteiger partial charge in [-0.25, -0.2) is 4.98 Å². The smallest absolute Gasteiger partial charge is 0.417 e. The second-order valence-corrected chi connectivity index (χ2v) is 7.26. The third-order valence-corrected chi connectivity index (χ3v) is 4.33. The Morgan fingerprint density at radius 2 is 1.59 bits per heavy atom. The highest BCUT2D eigenvalue weighted by molar-refractivity contribution is 6.55. The Bertz CT molecular complexity index is 863. The van der Waals surface area contributed by atoms with Crippen LogP contribution in [0.2, 0.25) is 0 Å². The van der Waals surface area contributed by atoms with E-state index in [0.717, 1.165) is 12.3 Å². The Labute approximate surface area is 193 Å². The summed E-state index contributed by atoms with van der Waals surface area (Å²) in [5, 5.41) is 0. The summed E-state index contributed by atoms with van der Waals surface area (Å²) in [5.41, 5.74) is -0.822. The summed E-state index contributed by atoms with van der Waals surface area (Å²) in [5.74, 6) is 1.87. The van der Waals surface area contributed by atoms with Gasteiger partial charge < -0.3 is 23.7 Å². The first-order valence-corrected chi connectivity index (χ1v) is 10.2. The molecule has 32 heavy (non-hydrogen) atoms. The van der Waals surface area contributed by atoms with E-state index in [0.29, 0.717) is 42.4 Å². The van der Waals surface area contributed by atoms with Gasteiger partial charge in [-0.1, -0.05) is 23.2 Å². The number of nitrogens with zero attached hydrogens (tertiary/aromatic N) is 1. The van der Waals surface area contributed by atoms with Gasteiger partial charge in [0.25, 0.3) is 0 Å². The average Bonchev–Trinajstić information content (AvgIpc) is 2.75. The van der Waals surface area contributed by atoms with Crippen LogP contribution in [0.3, 0.4) is 0 Å². The lowest BCUT2D eigenvalue weighted by atomic mass is 10.2. The van der Waals surface area contributed by atoms with Gasteiger partial charge in [-0.15, -0.1) is 0 Å². The minimum absolute atomic E-state index is 0.0990. The predicted octanol–water partition coefficient (Wildman–Crippen LogP) is 6.05. The molecule has 0 fully saturated rings. The monoisotopic (exact) mass is 495 g/mol. The third-order valence-electron chi connectivity index (χ3n) is 4.02. The summed E-state index contributed by atoms with van der Waals surface area (Å²) in [6.45, 7) is 0.781. The van der Waals surface area contributed by atoms with Crippen LogP contribution in [0.4, 0.5) is 13.2 Å². The van der Waals surface area contributed by atoms with Crippen LogP contribution < -0.4 is 23.7 Å². The van der Waals surface area contributed by atoms with E-state index >= 15 is 0 Å². The van der Waals surface area contributed by atoms with Gasteiger partial charge in [0.15, 0.2) is 11.5 Å². The number of halogens is 5. The second kappa shape index (κ2) is 12.5. The zero-order valence-electron chi connectivity index (χ0n) is 17.4. The molecule has 11 heteroatoms. The minimum atomic E-state index is -4.43. The first-order valence-electron chi connectivity index (χ1n) is 9.43. The molecule has 0 bridgehead atoms. The molecule has 1 aromatic heterocycles. The molecular weight excluding hydrogens is 474 g/mol. The van der Waals surface area contributed by atoms with Gasteiger partial charge in [-0.2, -0.15) is 13.2 Å². The Morgan fingerprint density at radius 1 is 0.969 bits per heavy atom. The number of alkyl halides is 3. The fourth-order valence-corrected chi connectivity index (χ4v) is 2.60. The van der Waals surface area contributed by atoms with Crippen LogP contribution in [0.5, 0.6) is 28.9 Å². The van der Waals surface area contributed by atoms with Gasteiger partial charge in [0.1, 0.15) is 16.8 Å². The number of aromatic nitrogens is 1. The number of methoxy groups -OCH3 is 2. The lowest BCUT2D eigenvalue weighted by Crippen LogP contribution is -2.07. The maximum Gasteiger partial charge on any atom is 0.417 e. The van der Waals surface area contributed by atoms with Gasteiger partial charge in [-0.05, 0) is 25.0 Å². The molecule has 0 saturated heterocycles. The second-order valence-electron chi connectivity index (χ2n) is 6.25. The van der Waals surface area contributed by atoms with E-state index in [2.05, 4.69) is 4.98 Å². The van der Waals surface area contributed by atoms with Crippen molar-refractivity contribution in [2.75, 3.05) is 34.0 Å². The van der Waals surface area contributed by atoms with E-state index in [1.807, 2.05) is 0 Å². The van der Waals surface area contributed by atoms with Gasteiger partial charge >= 0.3 is 6.18 Å². The molecule has 0 spiro atoms. The molecule has 0 amide bonds. The molecule has 0 N–H and O–H groups in total. The normalized spacial score (nSPS) is 11.0. The van der Waals surface area contributed by atoms with E-state index in [1.165, 1.54) is 26.4 Å². The van der Waals surface area contributed by atoms with Gasteiger partial charge in [-0.3, -0.25) is 0 Å². The first-order chi connectivity index (χ1) is 15.2. The fraction of sp³-hybridized carbons (Fsp3) is 0.381. The number of benzene rings is 1. The fourth-order valence-electron chi connectivity index (χ4n) is 2.47. The Balaban J connectivity index is 1.83. The Kier molecular flexibility index (Phi) is 10.1. The zero-order chi connectivity index (χ0) is 23.6. The lowest BCUT2D eigenvalue weighted by molar-refractivity contribution is -0.137. The molecule has 1 heterocycles. The number of rotatable bonds is 12. The van der Waals surface area contributed by atoms with E-state index in [4.69, 9.17) is 46.9 Å². The minimum Gasteiger partial charge on any atom is -0.493 e. The lowest BCUT2D eigenvalue weighted by Gasteiger charge is -2.16. The SMILES string of the molecule is COc1cc(OCC=C(Cl)Cl)cc(OC)c1OCCCCOc1ccc(C(F)(F)F)cn1. The molecule has 0 saturated carbocycles. The summed E-state index contributed by atoms with van der Waals surface area (Å²) in [7, 11) is 2.98. The molecule has 2 rings (SSSR count). The molecule has 176 valence electrons. The number of unbranched alkanes of at least 4 members (excludes halogenated alkanes) is 1. The van der Waals surface area contributed by atoms with E-state index in [9.17, 15) is 13.2 Å². The highest BCUT2D eigenvalue weighted by atomic mass is 35.5. The van der Waals surface area contributed by atoms with Crippen molar-refractivity contribution in [2.24, 2.45) is 0 Å². The molecule has 0 aliphatic carbocycles. The molecule has 0 radical (unpaired) electrons. The van der Waals surface area contributed by atoms with Crippen LogP contribution >= 0.6 is 23.2 Å². The maximum atomic E-state index is 12.5. The van der Waals surface area contributed by atoms with Crippen molar-refractivity contribution in [1.29, 1.82) is 0 Å². The van der Waals surface area contributed by atoms with Gasteiger partial charge in [0, 0.05) is 24.4 Å². The van der Waals surface area contributed by atoms with Gasteiger partial charge in [0.2, 0.25) is 11.6 Å². The van der Waals surface area contributed by atoms with Crippen molar-refractivity contribution in [3.8, 4) is 28.9 Å². The van der Waals surface area contributed by atoms with E-state index < -0.39 is 11.7 Å². The number of ether oxygens (including phenoxy) is 5. The van der Waals surface area contributed by atoms with Crippen LogP contribution in [0, 0.1) is 0 Å². The van der Waals surface area contributed by atoms with Crippen molar-refractivity contribution in [3.63, 3.8) is 0 Å². The molecule has 1 aromatic carbocycles. The molecule has 2 aromatic rings. The highest BCUT2D eigenvalue weighted by Crippen LogP contribution is 2.41. The van der Waals surface area contributed by atoms with Crippen LogP contribution in [0.1, 0.15) is 18.4 Å². The molecular formula is C21H22Cl2F3NO5. The van der Waals surface area contributed by atoms with Crippen molar-refractivity contribution in [3.05, 3.63) is 46.6 Å². The summed E-state index contributed by atoms with van der Waals surface area (Å²) >= 11 is 11.1. The maximum absolute atomic E-state index is 12.5. The summed E-state index contributed by atoms with van der Waals surface area (Å²) in [6, 6.07) is 5.41. The van der Waals surface area contributed by atoms with Gasteiger partial charge in [0.05, 0.1) is 33.0 Å². The van der Waals surface area contributed by atoms with Crippen LogP contribution in [-0.2, 0) is 6.18 Å². The number of hydrogen-bond donors (Lipinski definition) is 0. The first kappa shape index (κ1) is 25.7. The predicted molar refractivity (Wildman–Crippen MR) is 114 cm³/mol. The van der Waals surface area contributed by atoms with Crippen LogP contribution in [-0.4, -0.2) is 39.0 Å². The van der Waals surface area contributed by atoms with Crippen molar-refractivity contribution in [2.45, 2.75) is 19.0 Å². The molecule has 0 atom stereocenters. The molecule has 0 unspecified atom stereocenters. The van der Waals surface area contributed by atoms with Crippen LogP contribution in [0.25, 0.3) is 0 Å². The topological polar surface area (TPSA) is 59.0 Å². The van der Waals surface area contributed by atoms with Crippen molar-refractivity contribution < 1.29 is 36.9 Å². The molecule has 0 aliphatic heterocycles. The van der Waals surface area contributed by atoms with Crippen molar-refractivity contribution in [1.82, 2.24) is 4.98 Å².